The minimum Gasteiger partial charge on any atom is -0.355 e. The number of guanidine groups is 1. The van der Waals surface area contributed by atoms with Crippen molar-refractivity contribution in [1.82, 2.24) is 10.7 Å². The van der Waals surface area contributed by atoms with Crippen molar-refractivity contribution in [2.45, 2.75) is 26.2 Å². The van der Waals surface area contributed by atoms with Crippen LogP contribution in [0.2, 0.25) is 0 Å². The van der Waals surface area contributed by atoms with E-state index in [1.54, 1.807) is 7.05 Å². The molecule has 76 valence electrons. The zero-order valence-corrected chi connectivity index (χ0v) is 8.51. The molecular weight excluding hydrogens is 164 g/mol. The van der Waals surface area contributed by atoms with Crippen LogP contribution >= 0.6 is 0 Å². The lowest BCUT2D eigenvalue weighted by Gasteiger charge is -2.17. The lowest BCUT2D eigenvalue weighted by Crippen LogP contribution is -2.43. The molecule has 0 amide bonds. The molecule has 4 nitrogen and oxygen atoms in total. The first kappa shape index (κ1) is 10.3. The van der Waals surface area contributed by atoms with E-state index in [1.165, 1.54) is 19.3 Å². The molecule has 0 radical (unpaired) electrons. The Morgan fingerprint density at radius 1 is 1.54 bits per heavy atom. The summed E-state index contributed by atoms with van der Waals surface area (Å²) in [6, 6.07) is 0. The SMILES string of the molecule is CN=C(NN)NCC1CCCC1C. The zero-order valence-electron chi connectivity index (χ0n) is 8.51. The largest absolute Gasteiger partial charge is 0.355 e. The second kappa shape index (κ2) is 5.07. The van der Waals surface area contributed by atoms with Crippen molar-refractivity contribution in [2.24, 2.45) is 22.7 Å². The van der Waals surface area contributed by atoms with Gasteiger partial charge in [-0.25, -0.2) is 5.84 Å². The van der Waals surface area contributed by atoms with Gasteiger partial charge in [0.1, 0.15) is 0 Å². The topological polar surface area (TPSA) is 62.4 Å². The molecule has 4 N–H and O–H groups in total. The van der Waals surface area contributed by atoms with Crippen molar-refractivity contribution in [1.29, 1.82) is 0 Å². The molecule has 0 aromatic heterocycles. The van der Waals surface area contributed by atoms with Gasteiger partial charge in [-0.2, -0.15) is 0 Å². The number of rotatable bonds is 2. The fourth-order valence-electron chi connectivity index (χ4n) is 1.95. The third-order valence-electron chi connectivity index (χ3n) is 2.93. The average molecular weight is 184 g/mol. The van der Waals surface area contributed by atoms with E-state index in [1.807, 2.05) is 0 Å². The second-order valence-corrected chi connectivity index (χ2v) is 3.77. The summed E-state index contributed by atoms with van der Waals surface area (Å²) in [6.45, 7) is 3.30. The van der Waals surface area contributed by atoms with Crippen molar-refractivity contribution < 1.29 is 0 Å². The van der Waals surface area contributed by atoms with Crippen molar-refractivity contribution in [2.75, 3.05) is 13.6 Å². The minimum atomic E-state index is 0.680. The maximum absolute atomic E-state index is 5.26. The molecule has 0 heterocycles. The Bertz CT molecular complexity index is 178. The zero-order chi connectivity index (χ0) is 9.68. The number of aliphatic imine (C=N–C) groups is 1. The van der Waals surface area contributed by atoms with Crippen molar-refractivity contribution in [3.05, 3.63) is 0 Å². The minimum absolute atomic E-state index is 0.680. The molecule has 1 fully saturated rings. The van der Waals surface area contributed by atoms with Crippen LogP contribution in [-0.4, -0.2) is 19.6 Å². The quantitative estimate of drug-likeness (QED) is 0.253. The lowest BCUT2D eigenvalue weighted by molar-refractivity contribution is 0.413. The molecule has 0 bridgehead atoms. The highest BCUT2D eigenvalue weighted by atomic mass is 15.3. The third-order valence-corrected chi connectivity index (χ3v) is 2.93. The Morgan fingerprint density at radius 2 is 2.31 bits per heavy atom. The van der Waals surface area contributed by atoms with Gasteiger partial charge in [0.05, 0.1) is 0 Å². The van der Waals surface area contributed by atoms with Crippen LogP contribution in [0, 0.1) is 11.8 Å². The van der Waals surface area contributed by atoms with Crippen molar-refractivity contribution in [3.63, 3.8) is 0 Å². The Hall–Kier alpha value is -0.770. The number of nitrogens with two attached hydrogens (primary N) is 1. The summed E-state index contributed by atoms with van der Waals surface area (Å²) in [5.74, 6) is 7.56. The molecule has 0 saturated heterocycles. The highest BCUT2D eigenvalue weighted by Crippen LogP contribution is 2.30. The molecule has 1 aliphatic carbocycles. The van der Waals surface area contributed by atoms with Crippen molar-refractivity contribution in [3.8, 4) is 0 Å². The van der Waals surface area contributed by atoms with E-state index < -0.39 is 0 Å². The number of hydrogen-bond donors (Lipinski definition) is 3. The lowest BCUT2D eigenvalue weighted by atomic mass is 9.98. The van der Waals surface area contributed by atoms with E-state index in [9.17, 15) is 0 Å². The number of nitrogens with zero attached hydrogens (tertiary/aromatic N) is 1. The van der Waals surface area contributed by atoms with Gasteiger partial charge in [-0.3, -0.25) is 10.4 Å². The monoisotopic (exact) mass is 184 g/mol. The van der Waals surface area contributed by atoms with Crippen LogP contribution in [0.4, 0.5) is 0 Å². The maximum atomic E-state index is 5.26. The van der Waals surface area contributed by atoms with E-state index in [2.05, 4.69) is 22.7 Å². The van der Waals surface area contributed by atoms with Gasteiger partial charge >= 0.3 is 0 Å². The summed E-state index contributed by atoms with van der Waals surface area (Å²) in [5, 5.41) is 3.21. The van der Waals surface area contributed by atoms with Crippen LogP contribution in [0.5, 0.6) is 0 Å². The van der Waals surface area contributed by atoms with Crippen LogP contribution in [0.25, 0.3) is 0 Å². The van der Waals surface area contributed by atoms with Gasteiger partial charge in [0.2, 0.25) is 5.96 Å². The molecule has 1 rings (SSSR count). The normalized spacial score (nSPS) is 29.0. The summed E-state index contributed by atoms with van der Waals surface area (Å²) in [6.07, 6.45) is 4.05. The van der Waals surface area contributed by atoms with E-state index in [0.29, 0.717) is 5.96 Å². The van der Waals surface area contributed by atoms with Gasteiger partial charge in [0.15, 0.2) is 0 Å². The molecule has 2 unspecified atom stereocenters. The molecule has 2 atom stereocenters. The fraction of sp³-hybridized carbons (Fsp3) is 0.889. The molecule has 4 heteroatoms. The van der Waals surface area contributed by atoms with E-state index in [4.69, 9.17) is 5.84 Å². The molecule has 0 spiro atoms. The van der Waals surface area contributed by atoms with Gasteiger partial charge in [0, 0.05) is 13.6 Å². The smallest absolute Gasteiger partial charge is 0.205 e. The highest BCUT2D eigenvalue weighted by molar-refractivity contribution is 5.78. The predicted octanol–water partition coefficient (Wildman–Crippen LogP) is 0.461. The van der Waals surface area contributed by atoms with E-state index in [0.717, 1.165) is 18.4 Å². The fourth-order valence-corrected chi connectivity index (χ4v) is 1.95. The van der Waals surface area contributed by atoms with Crippen LogP contribution in [0.3, 0.4) is 0 Å². The number of nitrogens with one attached hydrogen (secondary N) is 2. The molecule has 1 saturated carbocycles. The van der Waals surface area contributed by atoms with Gasteiger partial charge < -0.3 is 5.32 Å². The van der Waals surface area contributed by atoms with Gasteiger partial charge in [-0.1, -0.05) is 19.8 Å². The van der Waals surface area contributed by atoms with Crippen LogP contribution < -0.4 is 16.6 Å². The van der Waals surface area contributed by atoms with Gasteiger partial charge in [0.25, 0.3) is 0 Å². The van der Waals surface area contributed by atoms with Crippen molar-refractivity contribution >= 4 is 5.96 Å². The molecular formula is C9H20N4. The third kappa shape index (κ3) is 2.88. The standard InChI is InChI=1S/C9H20N4/c1-7-4-3-5-8(7)6-12-9(11-2)13-10/h7-8H,3-6,10H2,1-2H3,(H2,11,12,13). The maximum Gasteiger partial charge on any atom is 0.205 e. The molecule has 0 aromatic carbocycles. The highest BCUT2D eigenvalue weighted by Gasteiger charge is 2.22. The Balaban J connectivity index is 2.25. The summed E-state index contributed by atoms with van der Waals surface area (Å²) < 4.78 is 0. The van der Waals surface area contributed by atoms with Crippen LogP contribution in [-0.2, 0) is 0 Å². The molecule has 1 aliphatic rings. The Kier molecular flexibility index (Phi) is 4.02. The predicted molar refractivity (Wildman–Crippen MR) is 55.2 cm³/mol. The molecule has 13 heavy (non-hydrogen) atoms. The number of hydrazine groups is 1. The first-order valence-electron chi connectivity index (χ1n) is 4.95. The summed E-state index contributed by atoms with van der Waals surface area (Å²) in [7, 11) is 1.72. The molecule has 0 aromatic rings. The van der Waals surface area contributed by atoms with Gasteiger partial charge in [-0.05, 0) is 18.3 Å². The Labute approximate surface area is 80.0 Å². The number of hydrogen-bond acceptors (Lipinski definition) is 2. The summed E-state index contributed by atoms with van der Waals surface area (Å²) in [4.78, 5) is 3.96. The Morgan fingerprint density at radius 3 is 2.77 bits per heavy atom. The van der Waals surface area contributed by atoms with Crippen LogP contribution in [0.1, 0.15) is 26.2 Å². The van der Waals surface area contributed by atoms with E-state index in [-0.39, 0.29) is 0 Å². The van der Waals surface area contributed by atoms with E-state index >= 15 is 0 Å². The average Bonchev–Trinajstić information content (AvgIpc) is 2.54. The van der Waals surface area contributed by atoms with Crippen LogP contribution in [0.15, 0.2) is 4.99 Å². The first-order chi connectivity index (χ1) is 6.27. The summed E-state index contributed by atoms with van der Waals surface area (Å²) in [5.41, 5.74) is 2.53. The van der Waals surface area contributed by atoms with Gasteiger partial charge in [-0.15, -0.1) is 0 Å². The first-order valence-corrected chi connectivity index (χ1v) is 4.95. The second-order valence-electron chi connectivity index (χ2n) is 3.77. The molecule has 0 aliphatic heterocycles. The summed E-state index contributed by atoms with van der Waals surface area (Å²) >= 11 is 0.